The maximum Gasteiger partial charge on any atom is 0.413 e. The summed E-state index contributed by atoms with van der Waals surface area (Å²) >= 11 is 0. The van der Waals surface area contributed by atoms with Crippen molar-refractivity contribution >= 4 is 9.84 Å². The van der Waals surface area contributed by atoms with Gasteiger partial charge in [0.05, 0.1) is 11.5 Å². The summed E-state index contributed by atoms with van der Waals surface area (Å²) < 4.78 is 57.0. The van der Waals surface area contributed by atoms with Gasteiger partial charge in [-0.3, -0.25) is 4.84 Å². The van der Waals surface area contributed by atoms with Crippen molar-refractivity contribution in [3.63, 3.8) is 0 Å². The molecule has 1 rings (SSSR count). The van der Waals surface area contributed by atoms with E-state index in [9.17, 15) is 21.6 Å². The first-order chi connectivity index (χ1) is 6.79. The molecule has 0 aromatic heterocycles. The van der Waals surface area contributed by atoms with Crippen molar-refractivity contribution in [3.8, 4) is 0 Å². The average Bonchev–Trinajstić information content (AvgIpc) is 2.06. The molecule has 0 amide bonds. The van der Waals surface area contributed by atoms with Crippen LogP contribution in [-0.4, -0.2) is 38.7 Å². The van der Waals surface area contributed by atoms with Crippen LogP contribution in [0.2, 0.25) is 0 Å². The SMILES string of the molecule is O=S1(=O)CCC(NOCC(F)(F)F)CC1. The first kappa shape index (κ1) is 12.7. The number of rotatable bonds is 3. The molecule has 1 fully saturated rings. The first-order valence-corrected chi connectivity index (χ1v) is 6.25. The Labute approximate surface area is 85.7 Å². The molecule has 1 aliphatic rings. The van der Waals surface area contributed by atoms with Crippen LogP contribution >= 0.6 is 0 Å². The standard InChI is InChI=1S/C7H12F3NO3S/c8-7(9,10)5-14-11-6-1-3-15(12,13)4-2-6/h6,11H,1-5H2. The maximum absolute atomic E-state index is 11.7. The highest BCUT2D eigenvalue weighted by atomic mass is 32.2. The van der Waals surface area contributed by atoms with Crippen molar-refractivity contribution in [2.75, 3.05) is 18.1 Å². The molecule has 4 nitrogen and oxygen atoms in total. The van der Waals surface area contributed by atoms with E-state index in [0.29, 0.717) is 12.8 Å². The molecule has 0 unspecified atom stereocenters. The van der Waals surface area contributed by atoms with E-state index in [2.05, 4.69) is 10.3 Å². The molecule has 0 aromatic carbocycles. The normalized spacial score (nSPS) is 22.9. The molecular formula is C7H12F3NO3S. The molecule has 1 saturated heterocycles. The number of hydrogen-bond donors (Lipinski definition) is 1. The fourth-order valence-corrected chi connectivity index (χ4v) is 2.74. The summed E-state index contributed by atoms with van der Waals surface area (Å²) in [5, 5.41) is 0. The van der Waals surface area contributed by atoms with Gasteiger partial charge in [0.15, 0.2) is 6.61 Å². The number of nitrogens with one attached hydrogen (secondary N) is 1. The van der Waals surface area contributed by atoms with Gasteiger partial charge in [-0.15, -0.1) is 0 Å². The Kier molecular flexibility index (Phi) is 3.96. The Balaban J connectivity index is 2.20. The second-order valence-corrected chi connectivity index (χ2v) is 5.75. The number of hydrogen-bond acceptors (Lipinski definition) is 4. The van der Waals surface area contributed by atoms with Crippen molar-refractivity contribution in [1.82, 2.24) is 5.48 Å². The lowest BCUT2D eigenvalue weighted by Crippen LogP contribution is -2.39. The number of hydroxylamine groups is 1. The van der Waals surface area contributed by atoms with Crippen LogP contribution < -0.4 is 5.48 Å². The largest absolute Gasteiger partial charge is 0.413 e. The van der Waals surface area contributed by atoms with Gasteiger partial charge >= 0.3 is 6.18 Å². The molecule has 8 heteroatoms. The number of alkyl halides is 3. The summed E-state index contributed by atoms with van der Waals surface area (Å²) in [5.74, 6) is 0.0000883. The van der Waals surface area contributed by atoms with Crippen LogP contribution in [0.5, 0.6) is 0 Å². The third-order valence-corrected chi connectivity index (χ3v) is 3.76. The summed E-state index contributed by atoms with van der Waals surface area (Å²) in [5.41, 5.74) is 2.23. The van der Waals surface area contributed by atoms with Crippen molar-refractivity contribution < 1.29 is 26.4 Å². The fourth-order valence-electron chi connectivity index (χ4n) is 1.25. The maximum atomic E-state index is 11.7. The molecule has 90 valence electrons. The van der Waals surface area contributed by atoms with E-state index in [-0.39, 0.29) is 17.5 Å². The van der Waals surface area contributed by atoms with Gasteiger partial charge in [-0.25, -0.2) is 8.42 Å². The zero-order valence-corrected chi connectivity index (χ0v) is 8.70. The van der Waals surface area contributed by atoms with E-state index in [1.54, 1.807) is 0 Å². The van der Waals surface area contributed by atoms with Gasteiger partial charge in [-0.2, -0.15) is 18.7 Å². The lowest BCUT2D eigenvalue weighted by Gasteiger charge is -2.22. The lowest BCUT2D eigenvalue weighted by atomic mass is 10.2. The van der Waals surface area contributed by atoms with E-state index >= 15 is 0 Å². The van der Waals surface area contributed by atoms with Crippen molar-refractivity contribution in [2.24, 2.45) is 0 Å². The summed E-state index contributed by atoms with van der Waals surface area (Å²) in [6.45, 7) is -1.36. The first-order valence-electron chi connectivity index (χ1n) is 4.43. The molecule has 0 bridgehead atoms. The fraction of sp³-hybridized carbons (Fsp3) is 1.00. The predicted molar refractivity (Wildman–Crippen MR) is 46.8 cm³/mol. The molecule has 1 N–H and O–H groups in total. The molecule has 0 aliphatic carbocycles. The van der Waals surface area contributed by atoms with Crippen LogP contribution in [0.25, 0.3) is 0 Å². The second-order valence-electron chi connectivity index (χ2n) is 3.45. The van der Waals surface area contributed by atoms with Crippen molar-refractivity contribution in [3.05, 3.63) is 0 Å². The monoisotopic (exact) mass is 247 g/mol. The Morgan fingerprint density at radius 3 is 2.27 bits per heavy atom. The summed E-state index contributed by atoms with van der Waals surface area (Å²) in [6, 6.07) is -0.309. The molecule has 0 aromatic rings. The predicted octanol–water partition coefficient (Wildman–Crippen LogP) is 0.647. The number of sulfone groups is 1. The van der Waals surface area contributed by atoms with Crippen LogP contribution in [0.1, 0.15) is 12.8 Å². The number of halogens is 3. The highest BCUT2D eigenvalue weighted by molar-refractivity contribution is 7.91. The van der Waals surface area contributed by atoms with Crippen LogP contribution in [0.4, 0.5) is 13.2 Å². The van der Waals surface area contributed by atoms with E-state index in [4.69, 9.17) is 0 Å². The third kappa shape index (κ3) is 5.33. The van der Waals surface area contributed by atoms with E-state index < -0.39 is 22.6 Å². The Morgan fingerprint density at radius 2 is 1.80 bits per heavy atom. The lowest BCUT2D eigenvalue weighted by molar-refractivity contribution is -0.193. The van der Waals surface area contributed by atoms with Gasteiger partial charge in [-0.05, 0) is 12.8 Å². The van der Waals surface area contributed by atoms with E-state index in [0.717, 1.165) is 0 Å². The summed E-state index contributed by atoms with van der Waals surface area (Å²) in [7, 11) is -2.99. The molecule has 0 atom stereocenters. The van der Waals surface area contributed by atoms with Gasteiger partial charge in [0.25, 0.3) is 0 Å². The van der Waals surface area contributed by atoms with E-state index in [1.807, 2.05) is 0 Å². The van der Waals surface area contributed by atoms with Crippen LogP contribution in [0, 0.1) is 0 Å². The highest BCUT2D eigenvalue weighted by Gasteiger charge is 2.29. The third-order valence-electron chi connectivity index (χ3n) is 2.04. The minimum atomic E-state index is -4.37. The van der Waals surface area contributed by atoms with Gasteiger partial charge < -0.3 is 0 Å². The molecule has 1 aliphatic heterocycles. The molecule has 0 radical (unpaired) electrons. The molecular weight excluding hydrogens is 235 g/mol. The zero-order valence-electron chi connectivity index (χ0n) is 7.88. The Hall–Kier alpha value is -0.340. The average molecular weight is 247 g/mol. The zero-order chi connectivity index (χ0) is 11.5. The van der Waals surface area contributed by atoms with Gasteiger partial charge in [-0.1, -0.05) is 0 Å². The highest BCUT2D eigenvalue weighted by Crippen LogP contribution is 2.15. The van der Waals surface area contributed by atoms with Crippen molar-refractivity contribution in [1.29, 1.82) is 0 Å². The molecule has 0 saturated carbocycles. The topological polar surface area (TPSA) is 55.4 Å². The summed E-state index contributed by atoms with van der Waals surface area (Å²) in [6.07, 6.45) is -3.78. The minimum Gasteiger partial charge on any atom is -0.292 e. The van der Waals surface area contributed by atoms with Crippen LogP contribution in [0.15, 0.2) is 0 Å². The van der Waals surface area contributed by atoms with Gasteiger partial charge in [0.1, 0.15) is 9.84 Å². The van der Waals surface area contributed by atoms with Crippen LogP contribution in [-0.2, 0) is 14.7 Å². The minimum absolute atomic E-state index is 0.0000442. The molecule has 1 heterocycles. The smallest absolute Gasteiger partial charge is 0.292 e. The molecule has 0 spiro atoms. The van der Waals surface area contributed by atoms with Crippen molar-refractivity contribution in [2.45, 2.75) is 25.1 Å². The van der Waals surface area contributed by atoms with Crippen LogP contribution in [0.3, 0.4) is 0 Å². The molecule has 15 heavy (non-hydrogen) atoms. The quantitative estimate of drug-likeness (QED) is 0.744. The van der Waals surface area contributed by atoms with E-state index in [1.165, 1.54) is 0 Å². The summed E-state index contributed by atoms with van der Waals surface area (Å²) in [4.78, 5) is 4.24. The van der Waals surface area contributed by atoms with Gasteiger partial charge in [0, 0.05) is 6.04 Å². The second kappa shape index (κ2) is 4.67. The van der Waals surface area contributed by atoms with Gasteiger partial charge in [0.2, 0.25) is 0 Å². The Morgan fingerprint density at radius 1 is 1.27 bits per heavy atom. The Bertz CT molecular complexity index is 287.